The van der Waals surface area contributed by atoms with E-state index in [4.69, 9.17) is 4.74 Å². The van der Waals surface area contributed by atoms with Gasteiger partial charge in [0.15, 0.2) is 0 Å². The van der Waals surface area contributed by atoms with Crippen molar-refractivity contribution in [2.24, 2.45) is 0 Å². The second kappa shape index (κ2) is 5.51. The second-order valence-electron chi connectivity index (χ2n) is 5.97. The first kappa shape index (κ1) is 12.9. The largest absolute Gasteiger partial charge is 0.493 e. The van der Waals surface area contributed by atoms with Crippen molar-refractivity contribution in [1.82, 2.24) is 10.2 Å². The molecule has 19 heavy (non-hydrogen) atoms. The van der Waals surface area contributed by atoms with E-state index in [1.165, 1.54) is 25.1 Å². The van der Waals surface area contributed by atoms with E-state index in [1.54, 1.807) is 0 Å². The molecule has 1 aromatic carbocycles. The molecule has 0 bridgehead atoms. The monoisotopic (exact) mass is 260 g/mol. The predicted molar refractivity (Wildman–Crippen MR) is 77.5 cm³/mol. The number of nitrogens with one attached hydrogen (secondary N) is 1. The molecule has 2 atom stereocenters. The molecule has 0 aliphatic carbocycles. The summed E-state index contributed by atoms with van der Waals surface area (Å²) in [4.78, 5) is 2.56. The highest BCUT2D eigenvalue weighted by atomic mass is 16.5. The minimum atomic E-state index is 0.460. The third-order valence-corrected chi connectivity index (χ3v) is 4.35. The van der Waals surface area contributed by atoms with Crippen molar-refractivity contribution >= 4 is 0 Å². The van der Waals surface area contributed by atoms with Gasteiger partial charge in [-0.25, -0.2) is 0 Å². The summed E-state index contributed by atoms with van der Waals surface area (Å²) in [5.74, 6) is 1.06. The molecule has 3 heteroatoms. The third-order valence-electron chi connectivity index (χ3n) is 4.35. The molecule has 1 N–H and O–H groups in total. The molecule has 3 rings (SSSR count). The molecule has 1 fully saturated rings. The lowest BCUT2D eigenvalue weighted by Gasteiger charge is -2.29. The van der Waals surface area contributed by atoms with Crippen molar-refractivity contribution in [1.29, 1.82) is 0 Å². The quantitative estimate of drug-likeness (QED) is 0.904. The van der Waals surface area contributed by atoms with Gasteiger partial charge in [0.05, 0.1) is 6.61 Å². The molecule has 0 amide bonds. The van der Waals surface area contributed by atoms with Gasteiger partial charge in [-0.15, -0.1) is 0 Å². The molecule has 2 aliphatic heterocycles. The Bertz CT molecular complexity index is 433. The summed E-state index contributed by atoms with van der Waals surface area (Å²) in [6.07, 6.45) is 2.34. The zero-order valence-corrected chi connectivity index (χ0v) is 11.9. The molecule has 1 aromatic rings. The van der Waals surface area contributed by atoms with Crippen LogP contribution in [-0.2, 0) is 0 Å². The maximum absolute atomic E-state index is 5.73. The van der Waals surface area contributed by atoms with Crippen LogP contribution < -0.4 is 10.1 Å². The number of likely N-dealkylation sites (tertiary alicyclic amines) is 1. The van der Waals surface area contributed by atoms with Crippen LogP contribution in [0.5, 0.6) is 5.75 Å². The maximum atomic E-state index is 5.73. The second-order valence-corrected chi connectivity index (χ2v) is 5.97. The van der Waals surface area contributed by atoms with Gasteiger partial charge in [0, 0.05) is 36.7 Å². The third kappa shape index (κ3) is 2.77. The van der Waals surface area contributed by atoms with Crippen molar-refractivity contribution < 1.29 is 4.74 Å². The molecule has 0 spiro atoms. The van der Waals surface area contributed by atoms with Gasteiger partial charge < -0.3 is 10.1 Å². The number of hydrogen-bond donors (Lipinski definition) is 1. The normalized spacial score (nSPS) is 27.3. The fourth-order valence-electron chi connectivity index (χ4n) is 3.19. The first-order chi connectivity index (χ1) is 9.24. The zero-order chi connectivity index (χ0) is 13.2. The van der Waals surface area contributed by atoms with Crippen LogP contribution in [0.25, 0.3) is 0 Å². The molecular weight excluding hydrogens is 236 g/mol. The van der Waals surface area contributed by atoms with Crippen molar-refractivity contribution in [3.8, 4) is 5.75 Å². The van der Waals surface area contributed by atoms with Gasteiger partial charge in [0.25, 0.3) is 0 Å². The van der Waals surface area contributed by atoms with E-state index < -0.39 is 0 Å². The molecule has 0 radical (unpaired) electrons. The van der Waals surface area contributed by atoms with Crippen molar-refractivity contribution in [3.05, 3.63) is 29.8 Å². The summed E-state index contributed by atoms with van der Waals surface area (Å²) in [6.45, 7) is 7.80. The van der Waals surface area contributed by atoms with Gasteiger partial charge in [-0.1, -0.05) is 18.2 Å². The Morgan fingerprint density at radius 1 is 1.26 bits per heavy atom. The molecular formula is C16H24N2O. The van der Waals surface area contributed by atoms with Crippen LogP contribution in [-0.4, -0.2) is 36.7 Å². The molecule has 0 aromatic heterocycles. The summed E-state index contributed by atoms with van der Waals surface area (Å²) in [7, 11) is 0. The van der Waals surface area contributed by atoms with E-state index in [9.17, 15) is 0 Å². The first-order valence-electron chi connectivity index (χ1n) is 7.46. The van der Waals surface area contributed by atoms with E-state index in [2.05, 4.69) is 48.3 Å². The van der Waals surface area contributed by atoms with Crippen molar-refractivity contribution in [3.63, 3.8) is 0 Å². The standard InChI is InChI=1S/C16H24N2O/c1-12(2)18-9-7-13(11-18)17-15-8-10-19-16-6-4-3-5-14(15)16/h3-6,12-13,15,17H,7-11H2,1-2H3. The van der Waals surface area contributed by atoms with Crippen molar-refractivity contribution in [2.75, 3.05) is 19.7 Å². The van der Waals surface area contributed by atoms with Crippen molar-refractivity contribution in [2.45, 2.75) is 44.8 Å². The van der Waals surface area contributed by atoms with Crippen LogP contribution in [0.15, 0.2) is 24.3 Å². The van der Waals surface area contributed by atoms with E-state index in [-0.39, 0.29) is 0 Å². The molecule has 0 saturated carbocycles. The van der Waals surface area contributed by atoms with Gasteiger partial charge in [-0.05, 0) is 32.9 Å². The summed E-state index contributed by atoms with van der Waals surface area (Å²) in [5.41, 5.74) is 1.33. The number of para-hydroxylation sites is 1. The lowest BCUT2D eigenvalue weighted by atomic mass is 9.99. The Balaban J connectivity index is 1.66. The highest BCUT2D eigenvalue weighted by Gasteiger charge is 2.28. The minimum Gasteiger partial charge on any atom is -0.493 e. The van der Waals surface area contributed by atoms with Crippen LogP contribution >= 0.6 is 0 Å². The zero-order valence-electron chi connectivity index (χ0n) is 11.9. The van der Waals surface area contributed by atoms with E-state index in [1.807, 2.05) is 0 Å². The fraction of sp³-hybridized carbons (Fsp3) is 0.625. The van der Waals surface area contributed by atoms with E-state index in [0.717, 1.165) is 18.8 Å². The van der Waals surface area contributed by atoms with Crippen LogP contribution in [0.1, 0.15) is 38.3 Å². The van der Waals surface area contributed by atoms with E-state index in [0.29, 0.717) is 18.1 Å². The average molecular weight is 260 g/mol. The van der Waals surface area contributed by atoms with Gasteiger partial charge >= 0.3 is 0 Å². The van der Waals surface area contributed by atoms with E-state index >= 15 is 0 Å². The lowest BCUT2D eigenvalue weighted by Crippen LogP contribution is -2.38. The number of nitrogens with zero attached hydrogens (tertiary/aromatic N) is 1. The molecule has 1 saturated heterocycles. The highest BCUT2D eigenvalue weighted by Crippen LogP contribution is 2.32. The molecule has 3 nitrogen and oxygen atoms in total. The minimum absolute atomic E-state index is 0.460. The number of rotatable bonds is 3. The maximum Gasteiger partial charge on any atom is 0.124 e. The average Bonchev–Trinajstić information content (AvgIpc) is 2.88. The topological polar surface area (TPSA) is 24.5 Å². The smallest absolute Gasteiger partial charge is 0.124 e. The Morgan fingerprint density at radius 3 is 2.89 bits per heavy atom. The highest BCUT2D eigenvalue weighted by molar-refractivity contribution is 5.37. The number of hydrogen-bond acceptors (Lipinski definition) is 3. The van der Waals surface area contributed by atoms with Gasteiger partial charge in [0.2, 0.25) is 0 Å². The van der Waals surface area contributed by atoms with Crippen LogP contribution in [0, 0.1) is 0 Å². The van der Waals surface area contributed by atoms with Gasteiger partial charge in [-0.2, -0.15) is 0 Å². The van der Waals surface area contributed by atoms with Crippen LogP contribution in [0.2, 0.25) is 0 Å². The summed E-state index contributed by atoms with van der Waals surface area (Å²) >= 11 is 0. The Morgan fingerprint density at radius 2 is 2.11 bits per heavy atom. The summed E-state index contributed by atoms with van der Waals surface area (Å²) in [5, 5.41) is 3.84. The number of fused-ring (bicyclic) bond motifs is 1. The molecule has 2 unspecified atom stereocenters. The van der Waals surface area contributed by atoms with Crippen LogP contribution in [0.4, 0.5) is 0 Å². The molecule has 104 valence electrons. The first-order valence-corrected chi connectivity index (χ1v) is 7.46. The Hall–Kier alpha value is -1.06. The van der Waals surface area contributed by atoms with Crippen LogP contribution in [0.3, 0.4) is 0 Å². The fourth-order valence-corrected chi connectivity index (χ4v) is 3.19. The summed E-state index contributed by atoms with van der Waals surface area (Å²) in [6, 6.07) is 10.2. The van der Waals surface area contributed by atoms with Gasteiger partial charge in [0.1, 0.15) is 5.75 Å². The summed E-state index contributed by atoms with van der Waals surface area (Å²) < 4.78 is 5.73. The predicted octanol–water partition coefficient (Wildman–Crippen LogP) is 2.58. The Labute approximate surface area is 115 Å². The van der Waals surface area contributed by atoms with Gasteiger partial charge in [-0.3, -0.25) is 4.90 Å². The number of ether oxygens (including phenoxy) is 1. The molecule has 2 aliphatic rings. The SMILES string of the molecule is CC(C)N1CCC(NC2CCOc3ccccc32)C1. The number of benzene rings is 1. The Kier molecular flexibility index (Phi) is 3.76. The lowest BCUT2D eigenvalue weighted by molar-refractivity contribution is 0.235. The molecule has 2 heterocycles.